The summed E-state index contributed by atoms with van der Waals surface area (Å²) in [6.45, 7) is 3.41. The fourth-order valence-electron chi connectivity index (χ4n) is 3.42. The molecule has 1 N–H and O–H groups in total. The third-order valence-corrected chi connectivity index (χ3v) is 5.04. The van der Waals surface area contributed by atoms with E-state index in [2.05, 4.69) is 21.1 Å². The van der Waals surface area contributed by atoms with E-state index in [9.17, 15) is 9.59 Å². The number of benzene rings is 2. The Morgan fingerprint density at radius 2 is 1.87 bits per heavy atom. The Labute approximate surface area is 178 Å². The van der Waals surface area contributed by atoms with Crippen molar-refractivity contribution in [3.63, 3.8) is 0 Å². The molecule has 0 aliphatic carbocycles. The third kappa shape index (κ3) is 4.07. The quantitative estimate of drug-likeness (QED) is 0.542. The number of H-pyrrole nitrogens is 1. The number of nitrogens with zero attached hydrogens (tertiary/aromatic N) is 5. The fraction of sp³-hybridized carbons (Fsp3) is 0.174. The molecule has 31 heavy (non-hydrogen) atoms. The predicted octanol–water partition coefficient (Wildman–Crippen LogP) is 2.74. The van der Waals surface area contributed by atoms with Crippen molar-refractivity contribution >= 4 is 17.6 Å². The summed E-state index contributed by atoms with van der Waals surface area (Å²) >= 11 is 0. The minimum atomic E-state index is -0.254. The Morgan fingerprint density at radius 3 is 2.58 bits per heavy atom. The molecular formula is C23H20N6O2. The number of carbonyl (C=O) groups excluding carboxylic acids is 1. The molecule has 0 radical (unpaired) electrons. The van der Waals surface area contributed by atoms with Crippen LogP contribution in [0.1, 0.15) is 34.9 Å². The van der Waals surface area contributed by atoms with Gasteiger partial charge in [0.15, 0.2) is 0 Å². The van der Waals surface area contributed by atoms with E-state index in [0.29, 0.717) is 23.2 Å². The number of carbonyl (C=O) groups is 1. The average molecular weight is 412 g/mol. The standard InChI is InChI=1S/C23H20N6O2/c1-15-20(12-17-7-4-3-5-8-17)21(31)29-22(25-15)26-23(27-29)28(16(2)30)14-19-10-6-9-18(11-19)13-24/h3-11H,12,14H2,1-2H3,(H,25,26,27). The first-order valence-corrected chi connectivity index (χ1v) is 9.75. The number of hydrogen-bond donors (Lipinski definition) is 1. The molecule has 0 saturated heterocycles. The number of aromatic amines is 1. The van der Waals surface area contributed by atoms with E-state index in [0.717, 1.165) is 11.1 Å². The third-order valence-electron chi connectivity index (χ3n) is 5.04. The summed E-state index contributed by atoms with van der Waals surface area (Å²) in [5.74, 6) is 0.165. The van der Waals surface area contributed by atoms with E-state index in [1.165, 1.54) is 16.3 Å². The maximum Gasteiger partial charge on any atom is 0.277 e. The molecular weight excluding hydrogens is 392 g/mol. The monoisotopic (exact) mass is 412 g/mol. The second-order valence-corrected chi connectivity index (χ2v) is 7.24. The van der Waals surface area contributed by atoms with Gasteiger partial charge in [-0.05, 0) is 30.2 Å². The van der Waals surface area contributed by atoms with Crippen LogP contribution in [0.4, 0.5) is 5.95 Å². The van der Waals surface area contributed by atoms with Crippen LogP contribution in [-0.2, 0) is 17.8 Å². The van der Waals surface area contributed by atoms with E-state index in [1.807, 2.05) is 36.4 Å². The molecule has 1 amide bonds. The van der Waals surface area contributed by atoms with E-state index in [-0.39, 0.29) is 29.7 Å². The molecule has 8 heteroatoms. The Bertz CT molecular complexity index is 1360. The van der Waals surface area contributed by atoms with Crippen LogP contribution in [-0.4, -0.2) is 25.5 Å². The van der Waals surface area contributed by atoms with Crippen molar-refractivity contribution in [2.75, 3.05) is 4.90 Å². The Morgan fingerprint density at radius 1 is 1.13 bits per heavy atom. The molecule has 2 aromatic carbocycles. The van der Waals surface area contributed by atoms with Gasteiger partial charge in [-0.2, -0.15) is 14.8 Å². The van der Waals surface area contributed by atoms with Gasteiger partial charge < -0.3 is 0 Å². The second-order valence-electron chi connectivity index (χ2n) is 7.24. The molecule has 0 spiro atoms. The molecule has 2 heterocycles. The van der Waals surface area contributed by atoms with Crippen molar-refractivity contribution in [1.29, 1.82) is 5.26 Å². The molecule has 0 fully saturated rings. The van der Waals surface area contributed by atoms with Gasteiger partial charge in [-0.15, -0.1) is 0 Å². The Hall–Kier alpha value is -4.25. The molecule has 0 aliphatic heterocycles. The number of nitriles is 1. The van der Waals surface area contributed by atoms with Crippen molar-refractivity contribution in [1.82, 2.24) is 19.6 Å². The van der Waals surface area contributed by atoms with Crippen LogP contribution in [0.3, 0.4) is 0 Å². The first-order valence-electron chi connectivity index (χ1n) is 9.75. The largest absolute Gasteiger partial charge is 0.277 e. The smallest absolute Gasteiger partial charge is 0.277 e. The number of fused-ring (bicyclic) bond motifs is 1. The van der Waals surface area contributed by atoms with E-state index in [1.54, 1.807) is 25.1 Å². The molecule has 0 atom stereocenters. The number of aromatic nitrogens is 4. The van der Waals surface area contributed by atoms with Crippen molar-refractivity contribution in [2.24, 2.45) is 0 Å². The Kier molecular flexibility index (Phi) is 5.33. The lowest BCUT2D eigenvalue weighted by Gasteiger charge is -2.17. The maximum absolute atomic E-state index is 13.1. The van der Waals surface area contributed by atoms with Gasteiger partial charge in [0.1, 0.15) is 0 Å². The average Bonchev–Trinajstić information content (AvgIpc) is 3.19. The zero-order chi connectivity index (χ0) is 22.0. The highest BCUT2D eigenvalue weighted by Gasteiger charge is 2.20. The molecule has 0 unspecified atom stereocenters. The maximum atomic E-state index is 13.1. The molecule has 4 aromatic rings. The number of rotatable bonds is 5. The highest BCUT2D eigenvalue weighted by molar-refractivity contribution is 5.89. The summed E-state index contributed by atoms with van der Waals surface area (Å²) in [6.07, 6.45) is 0.452. The van der Waals surface area contributed by atoms with Gasteiger partial charge in [0, 0.05) is 18.9 Å². The lowest BCUT2D eigenvalue weighted by molar-refractivity contribution is -0.116. The van der Waals surface area contributed by atoms with E-state index < -0.39 is 0 Å². The van der Waals surface area contributed by atoms with Gasteiger partial charge >= 0.3 is 0 Å². The van der Waals surface area contributed by atoms with Crippen LogP contribution in [0.15, 0.2) is 59.4 Å². The first-order chi connectivity index (χ1) is 15.0. The van der Waals surface area contributed by atoms with Crippen LogP contribution in [0, 0.1) is 18.3 Å². The van der Waals surface area contributed by atoms with Crippen LogP contribution < -0.4 is 10.5 Å². The lowest BCUT2D eigenvalue weighted by atomic mass is 10.1. The highest BCUT2D eigenvalue weighted by Crippen LogP contribution is 2.16. The summed E-state index contributed by atoms with van der Waals surface area (Å²) in [6, 6.07) is 18.8. The predicted molar refractivity (Wildman–Crippen MR) is 116 cm³/mol. The number of aryl methyl sites for hydroxylation is 1. The molecule has 2 aromatic heterocycles. The number of nitrogens with one attached hydrogen (secondary N) is 1. The lowest BCUT2D eigenvalue weighted by Crippen LogP contribution is -2.29. The summed E-state index contributed by atoms with van der Waals surface area (Å²) in [5.41, 5.74) is 3.20. The van der Waals surface area contributed by atoms with Gasteiger partial charge in [-0.3, -0.25) is 19.6 Å². The van der Waals surface area contributed by atoms with Gasteiger partial charge in [0.05, 0.1) is 23.9 Å². The van der Waals surface area contributed by atoms with Gasteiger partial charge in [-0.1, -0.05) is 42.5 Å². The summed E-state index contributed by atoms with van der Waals surface area (Å²) in [7, 11) is 0. The van der Waals surface area contributed by atoms with Gasteiger partial charge in [-0.25, -0.2) is 4.98 Å². The zero-order valence-corrected chi connectivity index (χ0v) is 17.2. The minimum absolute atomic E-state index is 0.200. The van der Waals surface area contributed by atoms with Crippen molar-refractivity contribution in [3.8, 4) is 6.07 Å². The van der Waals surface area contributed by atoms with Crippen molar-refractivity contribution < 1.29 is 4.79 Å². The Balaban J connectivity index is 1.73. The van der Waals surface area contributed by atoms with Gasteiger partial charge in [0.25, 0.3) is 11.3 Å². The number of hydrogen-bond acceptors (Lipinski definition) is 5. The highest BCUT2D eigenvalue weighted by atomic mass is 16.2. The molecule has 154 valence electrons. The van der Waals surface area contributed by atoms with Crippen molar-refractivity contribution in [2.45, 2.75) is 26.8 Å². The second kappa shape index (κ2) is 8.24. The minimum Gasteiger partial charge on any atom is -0.277 e. The number of anilines is 1. The topological polar surface area (TPSA) is 107 Å². The van der Waals surface area contributed by atoms with Crippen LogP contribution in [0.25, 0.3) is 5.78 Å². The molecule has 0 aliphatic rings. The van der Waals surface area contributed by atoms with Crippen LogP contribution in [0.2, 0.25) is 0 Å². The first kappa shape index (κ1) is 20.0. The summed E-state index contributed by atoms with van der Waals surface area (Å²) in [5, 5.41) is 12.0. The summed E-state index contributed by atoms with van der Waals surface area (Å²) in [4.78, 5) is 35.7. The molecule has 4 rings (SSSR count). The van der Waals surface area contributed by atoms with Gasteiger partial charge in [0.2, 0.25) is 11.9 Å². The molecule has 8 nitrogen and oxygen atoms in total. The fourth-order valence-corrected chi connectivity index (χ4v) is 3.42. The number of amides is 1. The molecule has 0 bridgehead atoms. The normalized spacial score (nSPS) is 10.7. The molecule has 0 saturated carbocycles. The zero-order valence-electron chi connectivity index (χ0n) is 17.2. The van der Waals surface area contributed by atoms with Crippen LogP contribution >= 0.6 is 0 Å². The SMILES string of the molecule is CC(=O)N(Cc1cccc(C#N)c1)c1nc2nc(C)c(Cc3ccccc3)c(=O)n2[nH]1. The summed E-state index contributed by atoms with van der Waals surface area (Å²) < 4.78 is 1.27. The van der Waals surface area contributed by atoms with Crippen LogP contribution in [0.5, 0.6) is 0 Å². The van der Waals surface area contributed by atoms with E-state index >= 15 is 0 Å². The van der Waals surface area contributed by atoms with Crippen molar-refractivity contribution in [3.05, 3.63) is 92.9 Å². The van der Waals surface area contributed by atoms with E-state index in [4.69, 9.17) is 5.26 Å².